The smallest absolute Gasteiger partial charge is 0.164 e. The third kappa shape index (κ3) is 6.11. The summed E-state index contributed by atoms with van der Waals surface area (Å²) in [5.41, 5.74) is 6.26. The highest BCUT2D eigenvalue weighted by atomic mass is 15.0. The van der Waals surface area contributed by atoms with Crippen LogP contribution < -0.4 is 0 Å². The van der Waals surface area contributed by atoms with E-state index in [1.54, 1.807) is 0 Å². The zero-order chi connectivity index (χ0) is 31.6. The Morgan fingerprint density at radius 3 is 1.09 bits per heavy atom. The highest BCUT2D eigenvalue weighted by Gasteiger charge is 2.17. The van der Waals surface area contributed by atoms with Gasteiger partial charge in [0.2, 0.25) is 0 Å². The van der Waals surface area contributed by atoms with E-state index < -0.39 is 0 Å². The second-order valence-corrected chi connectivity index (χ2v) is 10.9. The minimum Gasteiger partial charge on any atom is -0.219 e. The van der Waals surface area contributed by atoms with Crippen LogP contribution in [0.2, 0.25) is 0 Å². The SMILES string of the molecule is Cc1nc(C)nc(-c2cccc(-c3nc(-c4ccccc4)nc(-c4cc(-c5ccccc5)cc(-c5nc(C)nc(C)n5)c4)n3)c2)n1. The molecule has 7 aromatic rings. The summed E-state index contributed by atoms with van der Waals surface area (Å²) in [6.45, 7) is 7.48. The van der Waals surface area contributed by atoms with E-state index in [0.717, 1.165) is 38.9 Å². The van der Waals surface area contributed by atoms with E-state index in [2.05, 4.69) is 54.2 Å². The zero-order valence-electron chi connectivity index (χ0n) is 25.8. The molecule has 0 aliphatic carbocycles. The Labute approximate surface area is 266 Å². The Morgan fingerprint density at radius 1 is 0.261 bits per heavy atom. The van der Waals surface area contributed by atoms with Gasteiger partial charge in [0.15, 0.2) is 29.1 Å². The normalized spacial score (nSPS) is 11.0. The van der Waals surface area contributed by atoms with Gasteiger partial charge in [-0.15, -0.1) is 0 Å². The number of aryl methyl sites for hydroxylation is 4. The Hall–Kier alpha value is -6.09. The van der Waals surface area contributed by atoms with Gasteiger partial charge in [-0.25, -0.2) is 44.9 Å². The fourth-order valence-electron chi connectivity index (χ4n) is 5.32. The average molecular weight is 600 g/mol. The average Bonchev–Trinajstić information content (AvgIpc) is 3.08. The maximum Gasteiger partial charge on any atom is 0.164 e. The number of aromatic nitrogens is 9. The van der Waals surface area contributed by atoms with E-state index >= 15 is 0 Å². The lowest BCUT2D eigenvalue weighted by molar-refractivity contribution is 0.928. The largest absolute Gasteiger partial charge is 0.219 e. The second-order valence-electron chi connectivity index (χ2n) is 10.9. The van der Waals surface area contributed by atoms with Crippen LogP contribution in [0.15, 0.2) is 103 Å². The molecule has 9 heteroatoms. The number of hydrogen-bond donors (Lipinski definition) is 0. The van der Waals surface area contributed by atoms with Gasteiger partial charge in [-0.1, -0.05) is 78.9 Å². The topological polar surface area (TPSA) is 116 Å². The molecule has 0 atom stereocenters. The highest BCUT2D eigenvalue weighted by molar-refractivity contribution is 5.79. The Kier molecular flexibility index (Phi) is 7.56. The standard InChI is InChI=1S/C37H29N9/c1-22-38-23(2)41-34(40-22)28-16-11-17-29(18-28)35-44-33(27-14-9-6-10-15-27)45-37(46-35)32-20-30(26-12-7-5-8-13-26)19-31(21-32)36-42-24(3)39-25(4)43-36/h5-21H,1-4H3. The van der Waals surface area contributed by atoms with E-state index in [1.807, 2.05) is 107 Å². The summed E-state index contributed by atoms with van der Waals surface area (Å²) in [6.07, 6.45) is 0. The van der Waals surface area contributed by atoms with Crippen molar-refractivity contribution < 1.29 is 0 Å². The van der Waals surface area contributed by atoms with E-state index in [-0.39, 0.29) is 0 Å². The van der Waals surface area contributed by atoms with Crippen LogP contribution in [0.4, 0.5) is 0 Å². The van der Waals surface area contributed by atoms with Gasteiger partial charge in [0.05, 0.1) is 0 Å². The molecule has 0 aliphatic rings. The summed E-state index contributed by atoms with van der Waals surface area (Å²) < 4.78 is 0. The van der Waals surface area contributed by atoms with Gasteiger partial charge >= 0.3 is 0 Å². The van der Waals surface area contributed by atoms with Gasteiger partial charge in [-0.05, 0) is 63.1 Å². The predicted molar refractivity (Wildman–Crippen MR) is 178 cm³/mol. The lowest BCUT2D eigenvalue weighted by atomic mass is 9.99. The second kappa shape index (κ2) is 12.1. The summed E-state index contributed by atoms with van der Waals surface area (Å²) in [7, 11) is 0. The molecule has 0 saturated carbocycles. The molecule has 0 spiro atoms. The Bertz CT molecular complexity index is 2160. The molecular formula is C37H29N9. The van der Waals surface area contributed by atoms with Crippen LogP contribution in [0.5, 0.6) is 0 Å². The molecule has 3 heterocycles. The molecule has 0 saturated heterocycles. The summed E-state index contributed by atoms with van der Waals surface area (Å²) in [5, 5.41) is 0. The molecule has 4 aromatic carbocycles. The molecule has 0 radical (unpaired) electrons. The molecule has 3 aromatic heterocycles. The van der Waals surface area contributed by atoms with Crippen LogP contribution >= 0.6 is 0 Å². The molecule has 0 amide bonds. The van der Waals surface area contributed by atoms with Crippen LogP contribution in [0.25, 0.3) is 68.1 Å². The van der Waals surface area contributed by atoms with Gasteiger partial charge < -0.3 is 0 Å². The third-order valence-corrected chi connectivity index (χ3v) is 7.32. The first-order valence-electron chi connectivity index (χ1n) is 14.9. The number of hydrogen-bond acceptors (Lipinski definition) is 9. The van der Waals surface area contributed by atoms with Gasteiger partial charge in [-0.2, -0.15) is 0 Å². The summed E-state index contributed by atoms with van der Waals surface area (Å²) in [5.74, 6) is 5.48. The first kappa shape index (κ1) is 28.7. The summed E-state index contributed by atoms with van der Waals surface area (Å²) in [6, 6.07) is 34.3. The lowest BCUT2D eigenvalue weighted by Crippen LogP contribution is -2.02. The Morgan fingerprint density at radius 2 is 0.587 bits per heavy atom. The first-order valence-corrected chi connectivity index (χ1v) is 14.9. The quantitative estimate of drug-likeness (QED) is 0.192. The molecule has 0 bridgehead atoms. The maximum atomic E-state index is 5.05. The molecule has 0 N–H and O–H groups in total. The minimum atomic E-state index is 0.530. The third-order valence-electron chi connectivity index (χ3n) is 7.32. The van der Waals surface area contributed by atoms with Crippen molar-refractivity contribution in [3.8, 4) is 68.1 Å². The van der Waals surface area contributed by atoms with Crippen molar-refractivity contribution in [3.05, 3.63) is 126 Å². The predicted octanol–water partition coefficient (Wildman–Crippen LogP) is 7.48. The van der Waals surface area contributed by atoms with Crippen LogP contribution in [-0.2, 0) is 0 Å². The van der Waals surface area contributed by atoms with Crippen molar-refractivity contribution in [1.29, 1.82) is 0 Å². The van der Waals surface area contributed by atoms with Gasteiger partial charge in [-0.3, -0.25) is 0 Å². The van der Waals surface area contributed by atoms with Crippen molar-refractivity contribution in [2.75, 3.05) is 0 Å². The van der Waals surface area contributed by atoms with E-state index in [4.69, 9.17) is 15.0 Å². The van der Waals surface area contributed by atoms with E-state index in [0.29, 0.717) is 52.4 Å². The van der Waals surface area contributed by atoms with Gasteiger partial charge in [0.1, 0.15) is 23.3 Å². The maximum absolute atomic E-state index is 5.05. The summed E-state index contributed by atoms with van der Waals surface area (Å²) in [4.78, 5) is 42.2. The van der Waals surface area contributed by atoms with E-state index in [1.165, 1.54) is 0 Å². The minimum absolute atomic E-state index is 0.530. The highest BCUT2D eigenvalue weighted by Crippen LogP contribution is 2.33. The molecule has 46 heavy (non-hydrogen) atoms. The fourth-order valence-corrected chi connectivity index (χ4v) is 5.32. The van der Waals surface area contributed by atoms with Gasteiger partial charge in [0.25, 0.3) is 0 Å². The molecule has 7 rings (SSSR count). The van der Waals surface area contributed by atoms with Crippen molar-refractivity contribution in [2.45, 2.75) is 27.7 Å². The summed E-state index contributed by atoms with van der Waals surface area (Å²) >= 11 is 0. The van der Waals surface area contributed by atoms with Crippen molar-refractivity contribution >= 4 is 0 Å². The lowest BCUT2D eigenvalue weighted by Gasteiger charge is -2.12. The molecular weight excluding hydrogens is 570 g/mol. The van der Waals surface area contributed by atoms with Crippen LogP contribution in [0.3, 0.4) is 0 Å². The fraction of sp³-hybridized carbons (Fsp3) is 0.108. The Balaban J connectivity index is 1.43. The van der Waals surface area contributed by atoms with E-state index in [9.17, 15) is 0 Å². The molecule has 0 aliphatic heterocycles. The monoisotopic (exact) mass is 599 g/mol. The van der Waals surface area contributed by atoms with Gasteiger partial charge in [0, 0.05) is 27.8 Å². The van der Waals surface area contributed by atoms with Crippen LogP contribution in [0, 0.1) is 27.7 Å². The number of rotatable bonds is 6. The van der Waals surface area contributed by atoms with Crippen LogP contribution in [0.1, 0.15) is 23.3 Å². The van der Waals surface area contributed by atoms with Crippen molar-refractivity contribution in [3.63, 3.8) is 0 Å². The number of benzene rings is 4. The van der Waals surface area contributed by atoms with Crippen molar-refractivity contribution in [1.82, 2.24) is 44.9 Å². The zero-order valence-corrected chi connectivity index (χ0v) is 25.8. The molecule has 0 unspecified atom stereocenters. The first-order chi connectivity index (χ1) is 22.4. The van der Waals surface area contributed by atoms with Crippen molar-refractivity contribution in [2.24, 2.45) is 0 Å². The molecule has 0 fully saturated rings. The molecule has 9 nitrogen and oxygen atoms in total. The van der Waals surface area contributed by atoms with Crippen LogP contribution in [-0.4, -0.2) is 44.9 Å². The molecule has 222 valence electrons. The number of nitrogens with zero attached hydrogens (tertiary/aromatic N) is 9.